The molecule has 1 aromatic heterocycles. The number of anilines is 1. The molecule has 1 aliphatic carbocycles. The number of rotatable bonds is 4. The molecule has 29 heavy (non-hydrogen) atoms. The van der Waals surface area contributed by atoms with E-state index in [9.17, 15) is 14.4 Å². The van der Waals surface area contributed by atoms with Crippen molar-refractivity contribution in [3.63, 3.8) is 0 Å². The average molecular weight is 432 g/mol. The summed E-state index contributed by atoms with van der Waals surface area (Å²) in [5, 5.41) is 2.94. The van der Waals surface area contributed by atoms with Crippen LogP contribution in [0.25, 0.3) is 10.2 Å². The maximum absolute atomic E-state index is 12.8. The van der Waals surface area contributed by atoms with Gasteiger partial charge in [0.25, 0.3) is 0 Å². The molecule has 6 nitrogen and oxygen atoms in total. The first-order chi connectivity index (χ1) is 13.7. The van der Waals surface area contributed by atoms with Crippen molar-refractivity contribution in [3.8, 4) is 0 Å². The Kier molecular flexibility index (Phi) is 5.42. The molecular formula is C21H25N3O3S2. The van der Waals surface area contributed by atoms with Gasteiger partial charge in [0.2, 0.25) is 17.7 Å². The highest BCUT2D eigenvalue weighted by molar-refractivity contribution is 8.01. The minimum atomic E-state index is -0.258. The molecule has 1 saturated heterocycles. The molecule has 0 spiro atoms. The normalized spacial score (nSPS) is 22.2. The van der Waals surface area contributed by atoms with E-state index in [0.717, 1.165) is 40.2 Å². The molecule has 1 aliphatic heterocycles. The molecule has 0 bridgehead atoms. The first-order valence-corrected chi connectivity index (χ1v) is 11.8. The van der Waals surface area contributed by atoms with Crippen LogP contribution in [0, 0.1) is 11.8 Å². The zero-order chi connectivity index (χ0) is 20.8. The minimum absolute atomic E-state index is 0.0293. The number of carbonyl (C=O) groups excluding carboxylic acids is 3. The van der Waals surface area contributed by atoms with Crippen LogP contribution < -0.4 is 10.2 Å². The zero-order valence-corrected chi connectivity index (χ0v) is 18.5. The van der Waals surface area contributed by atoms with Crippen molar-refractivity contribution in [1.29, 1.82) is 0 Å². The SMILES string of the molecule is CC(C)(C)NC(=O)CSc1nc2ccc(N3C(=O)[C@H]4CCCC[C@H]4C3=O)cc2s1. The maximum Gasteiger partial charge on any atom is 0.237 e. The topological polar surface area (TPSA) is 79.4 Å². The van der Waals surface area contributed by atoms with Crippen LogP contribution in [-0.4, -0.2) is 34.0 Å². The lowest BCUT2D eigenvalue weighted by molar-refractivity contribution is -0.123. The monoisotopic (exact) mass is 431 g/mol. The molecule has 0 radical (unpaired) electrons. The number of nitrogens with one attached hydrogen (secondary N) is 1. The second-order valence-electron chi connectivity index (χ2n) is 8.73. The van der Waals surface area contributed by atoms with Crippen LogP contribution in [0.4, 0.5) is 5.69 Å². The summed E-state index contributed by atoms with van der Waals surface area (Å²) in [6.45, 7) is 5.85. The number of fused-ring (bicyclic) bond motifs is 2. The van der Waals surface area contributed by atoms with Crippen molar-refractivity contribution in [2.24, 2.45) is 11.8 Å². The Hall–Kier alpha value is -1.93. The number of imide groups is 1. The van der Waals surface area contributed by atoms with Gasteiger partial charge in [-0.05, 0) is 51.8 Å². The molecule has 2 aliphatic rings. The van der Waals surface area contributed by atoms with Gasteiger partial charge in [-0.3, -0.25) is 19.3 Å². The van der Waals surface area contributed by atoms with Crippen molar-refractivity contribution < 1.29 is 14.4 Å². The molecule has 4 rings (SSSR count). The molecule has 1 saturated carbocycles. The quantitative estimate of drug-likeness (QED) is 0.585. The van der Waals surface area contributed by atoms with Gasteiger partial charge in [-0.25, -0.2) is 4.98 Å². The van der Waals surface area contributed by atoms with E-state index in [1.807, 2.05) is 32.9 Å². The standard InChI is InChI=1S/C21H25N3O3S2/c1-21(2,3)23-17(25)11-28-20-22-15-9-8-12(10-16(15)29-20)24-18(26)13-6-4-5-7-14(13)19(24)27/h8-10,13-14H,4-7,11H2,1-3H3,(H,23,25)/t13-,14+. The van der Waals surface area contributed by atoms with E-state index in [-0.39, 0.29) is 35.1 Å². The molecule has 1 aromatic carbocycles. The van der Waals surface area contributed by atoms with Gasteiger partial charge in [0.05, 0.1) is 33.5 Å². The molecule has 2 aromatic rings. The number of thioether (sulfide) groups is 1. The first kappa shape index (κ1) is 20.3. The second-order valence-corrected chi connectivity index (χ2v) is 11.0. The van der Waals surface area contributed by atoms with Crippen LogP contribution in [0.5, 0.6) is 0 Å². The van der Waals surface area contributed by atoms with E-state index in [4.69, 9.17) is 0 Å². The van der Waals surface area contributed by atoms with Crippen molar-refractivity contribution >= 4 is 56.7 Å². The Bertz CT molecular complexity index is 955. The number of amides is 3. The maximum atomic E-state index is 12.8. The minimum Gasteiger partial charge on any atom is -0.351 e. The van der Waals surface area contributed by atoms with Crippen LogP contribution in [0.1, 0.15) is 46.5 Å². The summed E-state index contributed by atoms with van der Waals surface area (Å²) in [5.41, 5.74) is 1.19. The summed E-state index contributed by atoms with van der Waals surface area (Å²) in [7, 11) is 0. The average Bonchev–Trinajstić information content (AvgIpc) is 3.17. The molecule has 1 N–H and O–H groups in total. The number of hydrogen-bond donors (Lipinski definition) is 1. The lowest BCUT2D eigenvalue weighted by Crippen LogP contribution is -2.41. The highest BCUT2D eigenvalue weighted by atomic mass is 32.2. The Morgan fingerprint density at radius 3 is 2.48 bits per heavy atom. The number of benzene rings is 1. The zero-order valence-electron chi connectivity index (χ0n) is 16.9. The fourth-order valence-electron chi connectivity index (χ4n) is 4.09. The summed E-state index contributed by atoms with van der Waals surface area (Å²) in [4.78, 5) is 43.6. The Morgan fingerprint density at radius 2 is 1.86 bits per heavy atom. The van der Waals surface area contributed by atoms with E-state index in [0.29, 0.717) is 11.4 Å². The van der Waals surface area contributed by atoms with Gasteiger partial charge in [0, 0.05) is 5.54 Å². The number of nitrogens with zero attached hydrogens (tertiary/aromatic N) is 2. The van der Waals surface area contributed by atoms with Crippen LogP contribution in [0.2, 0.25) is 0 Å². The van der Waals surface area contributed by atoms with E-state index in [2.05, 4.69) is 10.3 Å². The molecule has 0 unspecified atom stereocenters. The summed E-state index contributed by atoms with van der Waals surface area (Å²) >= 11 is 2.88. The first-order valence-electron chi connectivity index (χ1n) is 9.95. The summed E-state index contributed by atoms with van der Waals surface area (Å²) in [6, 6.07) is 5.53. The van der Waals surface area contributed by atoms with Gasteiger partial charge in [-0.15, -0.1) is 11.3 Å². The van der Waals surface area contributed by atoms with E-state index in [1.165, 1.54) is 28.0 Å². The molecular weight excluding hydrogens is 406 g/mol. The Labute approximate surface area is 178 Å². The third-order valence-electron chi connectivity index (χ3n) is 5.29. The summed E-state index contributed by atoms with van der Waals surface area (Å²) in [6.07, 6.45) is 3.66. The lowest BCUT2D eigenvalue weighted by Gasteiger charge is -2.19. The van der Waals surface area contributed by atoms with Gasteiger partial charge in [0.15, 0.2) is 4.34 Å². The number of hydrogen-bond acceptors (Lipinski definition) is 6. The van der Waals surface area contributed by atoms with Gasteiger partial charge < -0.3 is 5.32 Å². The third kappa shape index (κ3) is 4.19. The van der Waals surface area contributed by atoms with Crippen molar-refractivity contribution in [2.75, 3.05) is 10.7 Å². The molecule has 154 valence electrons. The Balaban J connectivity index is 1.51. The van der Waals surface area contributed by atoms with E-state index in [1.54, 1.807) is 6.07 Å². The van der Waals surface area contributed by atoms with Crippen molar-refractivity contribution in [2.45, 2.75) is 56.3 Å². The van der Waals surface area contributed by atoms with Gasteiger partial charge >= 0.3 is 0 Å². The molecule has 2 fully saturated rings. The fraction of sp³-hybridized carbons (Fsp3) is 0.524. The van der Waals surface area contributed by atoms with Crippen LogP contribution in [0.3, 0.4) is 0 Å². The Morgan fingerprint density at radius 1 is 1.21 bits per heavy atom. The molecule has 3 amide bonds. The molecule has 8 heteroatoms. The number of aromatic nitrogens is 1. The van der Waals surface area contributed by atoms with Crippen molar-refractivity contribution in [3.05, 3.63) is 18.2 Å². The van der Waals surface area contributed by atoms with Crippen LogP contribution in [-0.2, 0) is 14.4 Å². The smallest absolute Gasteiger partial charge is 0.237 e. The fourth-order valence-corrected chi connectivity index (χ4v) is 5.99. The van der Waals surface area contributed by atoms with E-state index >= 15 is 0 Å². The van der Waals surface area contributed by atoms with E-state index < -0.39 is 0 Å². The van der Waals surface area contributed by atoms with Crippen LogP contribution in [0.15, 0.2) is 22.5 Å². The summed E-state index contributed by atoms with van der Waals surface area (Å²) in [5.74, 6) is -0.148. The predicted octanol–water partition coefficient (Wildman–Crippen LogP) is 3.98. The number of carbonyl (C=O) groups is 3. The van der Waals surface area contributed by atoms with Gasteiger partial charge in [0.1, 0.15) is 0 Å². The highest BCUT2D eigenvalue weighted by Gasteiger charge is 2.48. The second kappa shape index (κ2) is 7.72. The number of thiazole rings is 1. The molecule has 2 heterocycles. The predicted molar refractivity (Wildman–Crippen MR) is 116 cm³/mol. The molecule has 2 atom stereocenters. The van der Waals surface area contributed by atoms with Gasteiger partial charge in [-0.2, -0.15) is 0 Å². The lowest BCUT2D eigenvalue weighted by atomic mass is 9.81. The third-order valence-corrected chi connectivity index (χ3v) is 7.45. The van der Waals surface area contributed by atoms with Gasteiger partial charge in [-0.1, -0.05) is 24.6 Å². The summed E-state index contributed by atoms with van der Waals surface area (Å²) < 4.78 is 1.71. The van der Waals surface area contributed by atoms with Crippen LogP contribution >= 0.6 is 23.1 Å². The largest absolute Gasteiger partial charge is 0.351 e. The highest BCUT2D eigenvalue weighted by Crippen LogP contribution is 2.41. The van der Waals surface area contributed by atoms with Crippen molar-refractivity contribution in [1.82, 2.24) is 10.3 Å².